The van der Waals surface area contributed by atoms with Crippen LogP contribution in [0, 0.1) is 0 Å². The van der Waals surface area contributed by atoms with E-state index in [1.807, 2.05) is 24.3 Å². The summed E-state index contributed by atoms with van der Waals surface area (Å²) in [5.41, 5.74) is 4.33. The monoisotopic (exact) mass is 419 g/mol. The third-order valence-electron chi connectivity index (χ3n) is 7.04. The van der Waals surface area contributed by atoms with Crippen molar-refractivity contribution in [2.45, 2.75) is 43.8 Å². The molecule has 3 unspecified atom stereocenters. The minimum absolute atomic E-state index is 0.0210. The fraction of sp³-hybridized carbons (Fsp3) is 0.440. The first kappa shape index (κ1) is 20.2. The number of ether oxygens (including phenoxy) is 1. The number of nitrogens with zero attached hydrogens (tertiary/aromatic N) is 2. The Morgan fingerprint density at radius 3 is 2.61 bits per heavy atom. The average molecular weight is 420 g/mol. The van der Waals surface area contributed by atoms with E-state index < -0.39 is 5.92 Å². The molecule has 2 heterocycles. The van der Waals surface area contributed by atoms with E-state index >= 15 is 0 Å². The Bertz CT molecular complexity index is 1010. The molecule has 1 saturated heterocycles. The van der Waals surface area contributed by atoms with E-state index in [9.17, 15) is 9.59 Å². The Balaban J connectivity index is 1.43. The van der Waals surface area contributed by atoms with Crippen LogP contribution in [0.4, 0.5) is 5.69 Å². The van der Waals surface area contributed by atoms with Gasteiger partial charge in [0.2, 0.25) is 11.8 Å². The van der Waals surface area contributed by atoms with Gasteiger partial charge in [0.05, 0.1) is 31.2 Å². The Kier molecular flexibility index (Phi) is 5.28. The number of para-hydroxylation sites is 1. The maximum absolute atomic E-state index is 13.5. The van der Waals surface area contributed by atoms with Crippen LogP contribution < -0.4 is 10.2 Å². The van der Waals surface area contributed by atoms with Gasteiger partial charge in [0.15, 0.2) is 0 Å². The lowest BCUT2D eigenvalue weighted by molar-refractivity contribution is -0.128. The molecule has 2 aliphatic heterocycles. The summed E-state index contributed by atoms with van der Waals surface area (Å²) in [5.74, 6) is -0.532. The first-order valence-electron chi connectivity index (χ1n) is 11.1. The number of benzene rings is 2. The number of hydrogen-bond donors (Lipinski definition) is 1. The van der Waals surface area contributed by atoms with E-state index in [1.165, 1.54) is 11.1 Å². The van der Waals surface area contributed by atoms with Crippen molar-refractivity contribution in [2.75, 3.05) is 31.7 Å². The van der Waals surface area contributed by atoms with Crippen molar-refractivity contribution >= 4 is 17.5 Å². The van der Waals surface area contributed by atoms with Crippen LogP contribution in [0.15, 0.2) is 48.5 Å². The lowest BCUT2D eigenvalue weighted by Gasteiger charge is -2.41. The molecule has 2 aromatic rings. The van der Waals surface area contributed by atoms with Crippen molar-refractivity contribution in [3.63, 3.8) is 0 Å². The highest BCUT2D eigenvalue weighted by Gasteiger charge is 2.42. The zero-order valence-corrected chi connectivity index (χ0v) is 18.1. The molecular formula is C25H29N3O3. The number of nitrogens with one attached hydrogen (secondary N) is 1. The fourth-order valence-electron chi connectivity index (χ4n) is 5.43. The van der Waals surface area contributed by atoms with Crippen LogP contribution in [0.2, 0.25) is 0 Å². The third kappa shape index (κ3) is 3.54. The first-order valence-corrected chi connectivity index (χ1v) is 11.1. The molecule has 4 atom stereocenters. The van der Waals surface area contributed by atoms with E-state index in [4.69, 9.17) is 4.74 Å². The normalized spacial score (nSPS) is 28.2. The zero-order chi connectivity index (χ0) is 21.5. The van der Waals surface area contributed by atoms with Crippen LogP contribution in [0.1, 0.15) is 42.0 Å². The van der Waals surface area contributed by atoms with E-state index in [1.54, 1.807) is 11.9 Å². The van der Waals surface area contributed by atoms with Crippen molar-refractivity contribution < 1.29 is 14.3 Å². The molecule has 0 saturated carbocycles. The number of amides is 2. The Morgan fingerprint density at radius 1 is 1.06 bits per heavy atom. The maximum atomic E-state index is 13.5. The van der Waals surface area contributed by atoms with Gasteiger partial charge in [-0.25, -0.2) is 0 Å². The summed E-state index contributed by atoms with van der Waals surface area (Å²) in [6.07, 6.45) is 1.01. The summed E-state index contributed by atoms with van der Waals surface area (Å²) >= 11 is 0. The van der Waals surface area contributed by atoms with Gasteiger partial charge in [-0.15, -0.1) is 0 Å². The van der Waals surface area contributed by atoms with Gasteiger partial charge >= 0.3 is 0 Å². The van der Waals surface area contributed by atoms with Crippen LogP contribution in [0.3, 0.4) is 0 Å². The smallest absolute Gasteiger partial charge is 0.228 e. The van der Waals surface area contributed by atoms with Crippen molar-refractivity contribution in [3.8, 4) is 0 Å². The highest BCUT2D eigenvalue weighted by molar-refractivity contribution is 6.02. The number of rotatable bonds is 3. The number of carbonyl (C=O) groups excluding carboxylic acids is 2. The number of carbonyl (C=O) groups is 2. The SMILES string of the molecule is CC1COCCN1C1c2ccccc2CC1NC(=O)[C@H]1CC(=O)N(C)c2ccccc21. The molecule has 1 aliphatic carbocycles. The molecule has 0 aromatic heterocycles. The number of anilines is 1. The molecule has 0 bridgehead atoms. The van der Waals surface area contributed by atoms with Gasteiger partial charge in [0, 0.05) is 31.7 Å². The van der Waals surface area contributed by atoms with Gasteiger partial charge in [-0.05, 0) is 36.1 Å². The van der Waals surface area contributed by atoms with Gasteiger partial charge < -0.3 is 15.0 Å². The maximum Gasteiger partial charge on any atom is 0.228 e. The number of morpholine rings is 1. The molecular weight excluding hydrogens is 390 g/mol. The fourth-order valence-corrected chi connectivity index (χ4v) is 5.43. The summed E-state index contributed by atoms with van der Waals surface area (Å²) in [5, 5.41) is 3.35. The average Bonchev–Trinajstić information content (AvgIpc) is 3.14. The van der Waals surface area contributed by atoms with Crippen molar-refractivity contribution in [1.29, 1.82) is 0 Å². The summed E-state index contributed by atoms with van der Waals surface area (Å²) in [6, 6.07) is 16.6. The van der Waals surface area contributed by atoms with Crippen molar-refractivity contribution in [3.05, 3.63) is 65.2 Å². The molecule has 1 fully saturated rings. The molecule has 6 heteroatoms. The zero-order valence-electron chi connectivity index (χ0n) is 18.1. The molecule has 0 spiro atoms. The van der Waals surface area contributed by atoms with Gasteiger partial charge in [-0.2, -0.15) is 0 Å². The minimum Gasteiger partial charge on any atom is -0.379 e. The molecule has 2 aromatic carbocycles. The quantitative estimate of drug-likeness (QED) is 0.831. The van der Waals surface area contributed by atoms with Gasteiger partial charge in [0.1, 0.15) is 0 Å². The van der Waals surface area contributed by atoms with E-state index in [0.717, 1.165) is 24.2 Å². The predicted octanol–water partition coefficient (Wildman–Crippen LogP) is 2.64. The molecule has 3 aliphatic rings. The van der Waals surface area contributed by atoms with E-state index in [2.05, 4.69) is 41.4 Å². The lowest BCUT2D eigenvalue weighted by atomic mass is 9.88. The predicted molar refractivity (Wildman–Crippen MR) is 119 cm³/mol. The minimum atomic E-state index is -0.452. The Labute approximate surface area is 183 Å². The standard InChI is InChI=1S/C25H29N3O3/c1-16-15-31-12-11-28(16)24-18-8-4-3-7-17(18)13-21(24)26-25(30)20-14-23(29)27(2)22-10-6-5-9-19(20)22/h3-10,16,20-21,24H,11-15H2,1-2H3,(H,26,30)/t16?,20-,21?,24?/m0/s1. The second kappa shape index (κ2) is 8.09. The summed E-state index contributed by atoms with van der Waals surface area (Å²) in [7, 11) is 1.78. The van der Waals surface area contributed by atoms with Crippen molar-refractivity contribution in [2.24, 2.45) is 0 Å². The lowest BCUT2D eigenvalue weighted by Crippen LogP contribution is -2.52. The summed E-state index contributed by atoms with van der Waals surface area (Å²) in [6.45, 7) is 4.45. The summed E-state index contributed by atoms with van der Waals surface area (Å²) < 4.78 is 5.66. The second-order valence-electron chi connectivity index (χ2n) is 8.89. The van der Waals surface area contributed by atoms with Crippen LogP contribution in [-0.2, 0) is 20.7 Å². The molecule has 6 nitrogen and oxygen atoms in total. The highest BCUT2D eigenvalue weighted by atomic mass is 16.5. The van der Waals surface area contributed by atoms with Crippen LogP contribution >= 0.6 is 0 Å². The molecule has 2 amide bonds. The second-order valence-corrected chi connectivity index (χ2v) is 8.89. The Hall–Kier alpha value is -2.70. The van der Waals surface area contributed by atoms with Crippen LogP contribution in [0.5, 0.6) is 0 Å². The molecule has 0 radical (unpaired) electrons. The molecule has 5 rings (SSSR count). The first-order chi connectivity index (χ1) is 15.0. The molecule has 1 N–H and O–H groups in total. The van der Waals surface area contributed by atoms with Gasteiger partial charge in [0.25, 0.3) is 0 Å². The van der Waals surface area contributed by atoms with E-state index in [0.29, 0.717) is 13.2 Å². The number of fused-ring (bicyclic) bond motifs is 2. The summed E-state index contributed by atoms with van der Waals surface area (Å²) in [4.78, 5) is 30.2. The van der Waals surface area contributed by atoms with Crippen LogP contribution in [-0.4, -0.2) is 55.6 Å². The van der Waals surface area contributed by atoms with Gasteiger partial charge in [-0.1, -0.05) is 42.5 Å². The van der Waals surface area contributed by atoms with Crippen LogP contribution in [0.25, 0.3) is 0 Å². The van der Waals surface area contributed by atoms with E-state index in [-0.39, 0.29) is 36.4 Å². The van der Waals surface area contributed by atoms with Crippen molar-refractivity contribution in [1.82, 2.24) is 10.2 Å². The molecule has 162 valence electrons. The Morgan fingerprint density at radius 2 is 1.81 bits per heavy atom. The third-order valence-corrected chi connectivity index (χ3v) is 7.04. The number of hydrogen-bond acceptors (Lipinski definition) is 4. The molecule has 31 heavy (non-hydrogen) atoms. The topological polar surface area (TPSA) is 61.9 Å². The highest BCUT2D eigenvalue weighted by Crippen LogP contribution is 2.39. The van der Waals surface area contributed by atoms with Gasteiger partial charge in [-0.3, -0.25) is 14.5 Å². The largest absolute Gasteiger partial charge is 0.379 e.